The van der Waals surface area contributed by atoms with Gasteiger partial charge in [0.2, 0.25) is 5.91 Å². The van der Waals surface area contributed by atoms with Crippen LogP contribution in [0.1, 0.15) is 24.0 Å². The van der Waals surface area contributed by atoms with Crippen LogP contribution in [0.5, 0.6) is 0 Å². The Labute approximate surface area is 125 Å². The van der Waals surface area contributed by atoms with Crippen molar-refractivity contribution in [1.29, 1.82) is 5.26 Å². The van der Waals surface area contributed by atoms with Crippen LogP contribution >= 0.6 is 0 Å². The lowest BCUT2D eigenvalue weighted by molar-refractivity contribution is -0.136. The lowest BCUT2D eigenvalue weighted by Crippen LogP contribution is -2.49. The molecule has 1 aromatic rings. The third kappa shape index (κ3) is 3.81. The molecule has 1 heterocycles. The lowest BCUT2D eigenvalue weighted by atomic mass is 9.78. The Morgan fingerprint density at radius 1 is 1.38 bits per heavy atom. The van der Waals surface area contributed by atoms with Crippen molar-refractivity contribution in [3.05, 3.63) is 35.4 Å². The van der Waals surface area contributed by atoms with Crippen molar-refractivity contribution in [2.75, 3.05) is 26.8 Å². The molecular formula is C16H21N3O2. The van der Waals surface area contributed by atoms with Crippen molar-refractivity contribution in [2.24, 2.45) is 5.41 Å². The minimum absolute atomic E-state index is 0.0511. The minimum atomic E-state index is -0.424. The van der Waals surface area contributed by atoms with Crippen LogP contribution in [-0.2, 0) is 16.1 Å². The number of benzene rings is 1. The Morgan fingerprint density at radius 2 is 2.05 bits per heavy atom. The van der Waals surface area contributed by atoms with E-state index in [1.54, 1.807) is 19.2 Å². The third-order valence-corrected chi connectivity index (χ3v) is 4.00. The van der Waals surface area contributed by atoms with Crippen molar-refractivity contribution in [3.63, 3.8) is 0 Å². The molecule has 0 aliphatic carbocycles. The van der Waals surface area contributed by atoms with E-state index in [2.05, 4.69) is 16.7 Å². The molecule has 0 aromatic heterocycles. The molecule has 1 aliphatic rings. The summed E-state index contributed by atoms with van der Waals surface area (Å²) in [6.45, 7) is 2.61. The number of nitriles is 1. The summed E-state index contributed by atoms with van der Waals surface area (Å²) in [5, 5.41) is 15.0. The summed E-state index contributed by atoms with van der Waals surface area (Å²) in [5.41, 5.74) is 1.19. The van der Waals surface area contributed by atoms with Crippen LogP contribution in [-0.4, -0.2) is 32.7 Å². The fourth-order valence-electron chi connectivity index (χ4n) is 2.69. The van der Waals surface area contributed by atoms with Crippen LogP contribution in [0, 0.1) is 16.7 Å². The largest absolute Gasteiger partial charge is 0.384 e. The zero-order chi connectivity index (χ0) is 15.1. The number of hydrogen-bond acceptors (Lipinski definition) is 4. The van der Waals surface area contributed by atoms with Crippen molar-refractivity contribution in [2.45, 2.75) is 19.4 Å². The Bertz CT molecular complexity index is 508. The van der Waals surface area contributed by atoms with Crippen LogP contribution in [0.3, 0.4) is 0 Å². The molecule has 5 heteroatoms. The summed E-state index contributed by atoms with van der Waals surface area (Å²) in [7, 11) is 1.64. The number of piperidine rings is 1. The van der Waals surface area contributed by atoms with Gasteiger partial charge in [0, 0.05) is 13.7 Å². The van der Waals surface area contributed by atoms with Crippen LogP contribution in [0.15, 0.2) is 24.3 Å². The standard InChI is InChI=1S/C16H21N3O2/c1-21-12-16(6-8-18-9-7-16)15(20)19-11-14-4-2-13(10-17)3-5-14/h2-5,18H,6-9,11-12H2,1H3,(H,19,20). The molecule has 0 unspecified atom stereocenters. The summed E-state index contributed by atoms with van der Waals surface area (Å²) >= 11 is 0. The van der Waals surface area contributed by atoms with Crippen LogP contribution < -0.4 is 10.6 Å². The quantitative estimate of drug-likeness (QED) is 0.853. The normalized spacial score (nSPS) is 17.0. The highest BCUT2D eigenvalue weighted by atomic mass is 16.5. The van der Waals surface area contributed by atoms with E-state index < -0.39 is 5.41 Å². The van der Waals surface area contributed by atoms with E-state index >= 15 is 0 Å². The van der Waals surface area contributed by atoms with Gasteiger partial charge in [-0.3, -0.25) is 4.79 Å². The van der Waals surface area contributed by atoms with Crippen molar-refractivity contribution in [1.82, 2.24) is 10.6 Å². The van der Waals surface area contributed by atoms with E-state index in [1.165, 1.54) is 0 Å². The molecule has 5 nitrogen and oxygen atoms in total. The van der Waals surface area contributed by atoms with Gasteiger partial charge in [0.1, 0.15) is 0 Å². The Kier molecular flexibility index (Phi) is 5.32. The molecule has 0 radical (unpaired) electrons. The first kappa shape index (κ1) is 15.5. The highest BCUT2D eigenvalue weighted by Gasteiger charge is 2.39. The molecule has 0 saturated carbocycles. The van der Waals surface area contributed by atoms with Crippen LogP contribution in [0.4, 0.5) is 0 Å². The second kappa shape index (κ2) is 7.21. The molecule has 0 bridgehead atoms. The second-order valence-corrected chi connectivity index (χ2v) is 5.45. The first-order valence-electron chi connectivity index (χ1n) is 7.17. The highest BCUT2D eigenvalue weighted by Crippen LogP contribution is 2.29. The third-order valence-electron chi connectivity index (χ3n) is 4.00. The van der Waals surface area contributed by atoms with Crippen LogP contribution in [0.25, 0.3) is 0 Å². The highest BCUT2D eigenvalue weighted by molar-refractivity contribution is 5.83. The van der Waals surface area contributed by atoms with Gasteiger partial charge >= 0.3 is 0 Å². The molecule has 2 N–H and O–H groups in total. The average molecular weight is 287 g/mol. The van der Waals surface area contributed by atoms with Crippen molar-refractivity contribution in [3.8, 4) is 6.07 Å². The molecule has 1 saturated heterocycles. The summed E-state index contributed by atoms with van der Waals surface area (Å²) in [6, 6.07) is 9.34. The number of carbonyl (C=O) groups excluding carboxylic acids is 1. The van der Waals surface area contributed by atoms with E-state index in [9.17, 15) is 4.79 Å². The van der Waals surface area contributed by atoms with Gasteiger partial charge in [0.25, 0.3) is 0 Å². The molecule has 0 spiro atoms. The average Bonchev–Trinajstić information content (AvgIpc) is 2.54. The zero-order valence-corrected chi connectivity index (χ0v) is 12.3. The predicted octanol–water partition coefficient (Wildman–Crippen LogP) is 1.19. The van der Waals surface area contributed by atoms with Gasteiger partial charge in [-0.25, -0.2) is 0 Å². The monoisotopic (exact) mass is 287 g/mol. The first-order valence-corrected chi connectivity index (χ1v) is 7.17. The van der Waals surface area contributed by atoms with Crippen molar-refractivity contribution >= 4 is 5.91 Å². The number of nitrogens with one attached hydrogen (secondary N) is 2. The zero-order valence-electron chi connectivity index (χ0n) is 12.3. The number of amides is 1. The van der Waals surface area contributed by atoms with Gasteiger partial charge < -0.3 is 15.4 Å². The van der Waals surface area contributed by atoms with E-state index in [1.807, 2.05) is 12.1 Å². The van der Waals surface area contributed by atoms with Crippen LogP contribution in [0.2, 0.25) is 0 Å². The molecule has 1 aromatic carbocycles. The van der Waals surface area contributed by atoms with Gasteiger partial charge in [-0.2, -0.15) is 5.26 Å². The summed E-state index contributed by atoms with van der Waals surface area (Å²) in [5.74, 6) is 0.0511. The fraction of sp³-hybridized carbons (Fsp3) is 0.500. The summed E-state index contributed by atoms with van der Waals surface area (Å²) in [4.78, 5) is 12.5. The van der Waals surface area contributed by atoms with E-state index in [0.717, 1.165) is 31.5 Å². The molecule has 21 heavy (non-hydrogen) atoms. The molecule has 1 amide bonds. The van der Waals surface area contributed by atoms with Gasteiger partial charge in [-0.05, 0) is 43.6 Å². The Hall–Kier alpha value is -1.90. The van der Waals surface area contributed by atoms with Crippen molar-refractivity contribution < 1.29 is 9.53 Å². The molecule has 112 valence electrons. The summed E-state index contributed by atoms with van der Waals surface area (Å²) in [6.07, 6.45) is 1.58. The Balaban J connectivity index is 1.96. The molecule has 1 aliphatic heterocycles. The van der Waals surface area contributed by atoms with E-state index in [0.29, 0.717) is 18.7 Å². The lowest BCUT2D eigenvalue weighted by Gasteiger charge is -2.35. The number of ether oxygens (including phenoxy) is 1. The SMILES string of the molecule is COCC1(C(=O)NCc2ccc(C#N)cc2)CCNCC1. The fourth-order valence-corrected chi connectivity index (χ4v) is 2.69. The molecule has 0 atom stereocenters. The van der Waals surface area contributed by atoms with Gasteiger partial charge in [-0.1, -0.05) is 12.1 Å². The van der Waals surface area contributed by atoms with E-state index in [-0.39, 0.29) is 5.91 Å². The molecule has 1 fully saturated rings. The smallest absolute Gasteiger partial charge is 0.228 e. The van der Waals surface area contributed by atoms with Gasteiger partial charge in [0.05, 0.1) is 23.7 Å². The minimum Gasteiger partial charge on any atom is -0.384 e. The number of methoxy groups -OCH3 is 1. The number of rotatable bonds is 5. The number of carbonyl (C=O) groups is 1. The maximum absolute atomic E-state index is 12.5. The maximum Gasteiger partial charge on any atom is 0.228 e. The Morgan fingerprint density at radius 3 is 2.62 bits per heavy atom. The van der Waals surface area contributed by atoms with E-state index in [4.69, 9.17) is 10.00 Å². The maximum atomic E-state index is 12.5. The molecular weight excluding hydrogens is 266 g/mol. The second-order valence-electron chi connectivity index (χ2n) is 5.45. The van der Waals surface area contributed by atoms with Gasteiger partial charge in [0.15, 0.2) is 0 Å². The predicted molar refractivity (Wildman–Crippen MR) is 79.4 cm³/mol. The topological polar surface area (TPSA) is 74.1 Å². The first-order chi connectivity index (χ1) is 10.2. The number of nitrogens with zero attached hydrogens (tertiary/aromatic N) is 1. The van der Waals surface area contributed by atoms with Gasteiger partial charge in [-0.15, -0.1) is 0 Å². The summed E-state index contributed by atoms with van der Waals surface area (Å²) < 4.78 is 5.26. The molecule has 2 rings (SSSR count). The number of hydrogen-bond donors (Lipinski definition) is 2.